The number of amides is 2. The molecule has 0 spiro atoms. The van der Waals surface area contributed by atoms with Crippen molar-refractivity contribution >= 4 is 11.8 Å². The van der Waals surface area contributed by atoms with Crippen LogP contribution in [0.15, 0.2) is 24.3 Å². The Morgan fingerprint density at radius 1 is 1.42 bits per heavy atom. The fourth-order valence-corrected chi connectivity index (χ4v) is 2.74. The van der Waals surface area contributed by atoms with E-state index in [4.69, 9.17) is 14.9 Å². The molecule has 0 aliphatic carbocycles. The monoisotopic (exact) mass is 336 g/mol. The van der Waals surface area contributed by atoms with Crippen LogP contribution in [-0.4, -0.2) is 59.8 Å². The first-order valence-electron chi connectivity index (χ1n) is 8.00. The Morgan fingerprint density at radius 3 is 2.83 bits per heavy atom. The van der Waals surface area contributed by atoms with E-state index in [1.165, 1.54) is 0 Å². The third-order valence-electron chi connectivity index (χ3n) is 4.17. The standard InChI is InChI=1S/C17H24N2O5/c1-24-15-4-2-3-12(7-15)8-19-9-13(5-6-16(19)22)17(23)18-14(10-20)11-21/h2-4,7,13-14,20-21H,5-6,8-11H2,1H3,(H,18,23)/t13-/m0/s1. The number of aliphatic hydroxyl groups is 2. The van der Waals surface area contributed by atoms with Crippen LogP contribution >= 0.6 is 0 Å². The maximum Gasteiger partial charge on any atom is 0.225 e. The summed E-state index contributed by atoms with van der Waals surface area (Å²) in [5.74, 6) is 0.155. The summed E-state index contributed by atoms with van der Waals surface area (Å²) >= 11 is 0. The summed E-state index contributed by atoms with van der Waals surface area (Å²) in [6.07, 6.45) is 0.786. The van der Waals surface area contributed by atoms with Gasteiger partial charge in [-0.15, -0.1) is 0 Å². The second kappa shape index (κ2) is 8.65. The van der Waals surface area contributed by atoms with Gasteiger partial charge in [0.15, 0.2) is 0 Å². The molecule has 1 aliphatic heterocycles. The van der Waals surface area contributed by atoms with Gasteiger partial charge in [0.25, 0.3) is 0 Å². The zero-order valence-corrected chi connectivity index (χ0v) is 13.8. The molecule has 7 heteroatoms. The lowest BCUT2D eigenvalue weighted by molar-refractivity contribution is -0.139. The Hall–Kier alpha value is -2.12. The van der Waals surface area contributed by atoms with Crippen LogP contribution in [0.5, 0.6) is 5.75 Å². The van der Waals surface area contributed by atoms with Crippen molar-refractivity contribution in [3.05, 3.63) is 29.8 Å². The van der Waals surface area contributed by atoms with E-state index in [1.807, 2.05) is 24.3 Å². The average molecular weight is 336 g/mol. The zero-order chi connectivity index (χ0) is 17.5. The lowest BCUT2D eigenvalue weighted by atomic mass is 9.95. The fraction of sp³-hybridized carbons (Fsp3) is 0.529. The van der Waals surface area contributed by atoms with Gasteiger partial charge in [-0.2, -0.15) is 0 Å². The lowest BCUT2D eigenvalue weighted by Gasteiger charge is -2.32. The topological polar surface area (TPSA) is 99.1 Å². The van der Waals surface area contributed by atoms with Gasteiger partial charge in [0.2, 0.25) is 11.8 Å². The summed E-state index contributed by atoms with van der Waals surface area (Å²) in [5, 5.41) is 20.7. The van der Waals surface area contributed by atoms with Gasteiger partial charge in [-0.3, -0.25) is 9.59 Å². The van der Waals surface area contributed by atoms with E-state index >= 15 is 0 Å². The van der Waals surface area contributed by atoms with E-state index < -0.39 is 6.04 Å². The van der Waals surface area contributed by atoms with Gasteiger partial charge in [0.1, 0.15) is 5.75 Å². The number of hydrogen-bond acceptors (Lipinski definition) is 5. The maximum absolute atomic E-state index is 12.2. The minimum absolute atomic E-state index is 0.0164. The molecule has 0 unspecified atom stereocenters. The van der Waals surface area contributed by atoms with Crippen LogP contribution in [0.2, 0.25) is 0 Å². The Morgan fingerprint density at radius 2 is 2.17 bits per heavy atom. The van der Waals surface area contributed by atoms with Crippen LogP contribution in [0.3, 0.4) is 0 Å². The summed E-state index contributed by atoms with van der Waals surface area (Å²) in [7, 11) is 1.59. The molecular weight excluding hydrogens is 312 g/mol. The molecule has 3 N–H and O–H groups in total. The van der Waals surface area contributed by atoms with Crippen LogP contribution in [0, 0.1) is 5.92 Å². The SMILES string of the molecule is COc1cccc(CN2C[C@@H](C(=O)NC(CO)CO)CCC2=O)c1. The van der Waals surface area contributed by atoms with Crippen molar-refractivity contribution in [2.24, 2.45) is 5.92 Å². The Kier molecular flexibility index (Phi) is 6.57. The van der Waals surface area contributed by atoms with Gasteiger partial charge >= 0.3 is 0 Å². The number of hydrogen-bond donors (Lipinski definition) is 3. The molecule has 1 heterocycles. The smallest absolute Gasteiger partial charge is 0.225 e. The van der Waals surface area contributed by atoms with Crippen LogP contribution in [0.4, 0.5) is 0 Å². The number of methoxy groups -OCH3 is 1. The number of rotatable bonds is 7. The predicted molar refractivity (Wildman–Crippen MR) is 87.2 cm³/mol. The summed E-state index contributed by atoms with van der Waals surface area (Å²) < 4.78 is 5.18. The highest BCUT2D eigenvalue weighted by Gasteiger charge is 2.31. The quantitative estimate of drug-likeness (QED) is 0.646. The molecule has 1 atom stereocenters. The molecule has 1 aromatic carbocycles. The average Bonchev–Trinajstić information content (AvgIpc) is 2.61. The third-order valence-corrected chi connectivity index (χ3v) is 4.17. The van der Waals surface area contributed by atoms with Gasteiger partial charge in [0.05, 0.1) is 32.3 Å². The van der Waals surface area contributed by atoms with Crippen molar-refractivity contribution in [3.63, 3.8) is 0 Å². The number of nitrogens with one attached hydrogen (secondary N) is 1. The number of piperidine rings is 1. The number of nitrogens with zero attached hydrogens (tertiary/aromatic N) is 1. The van der Waals surface area contributed by atoms with Gasteiger partial charge in [-0.05, 0) is 24.1 Å². The van der Waals surface area contributed by atoms with E-state index in [0.717, 1.165) is 11.3 Å². The molecule has 1 saturated heterocycles. The number of aliphatic hydroxyl groups excluding tert-OH is 2. The predicted octanol–water partition coefficient (Wildman–Crippen LogP) is -0.0968. The van der Waals surface area contributed by atoms with Crippen molar-refractivity contribution in [2.45, 2.75) is 25.4 Å². The van der Waals surface area contributed by atoms with Gasteiger partial charge < -0.3 is 25.2 Å². The molecule has 0 saturated carbocycles. The molecule has 0 bridgehead atoms. The summed E-state index contributed by atoms with van der Waals surface area (Å²) in [4.78, 5) is 26.0. The van der Waals surface area contributed by atoms with Crippen molar-refractivity contribution in [2.75, 3.05) is 26.9 Å². The van der Waals surface area contributed by atoms with Crippen molar-refractivity contribution in [1.82, 2.24) is 10.2 Å². The first-order valence-corrected chi connectivity index (χ1v) is 8.00. The molecule has 2 amide bonds. The van der Waals surface area contributed by atoms with Gasteiger partial charge in [0, 0.05) is 19.5 Å². The second-order valence-electron chi connectivity index (χ2n) is 5.93. The normalized spacial score (nSPS) is 17.9. The lowest BCUT2D eigenvalue weighted by Crippen LogP contribution is -2.49. The van der Waals surface area contributed by atoms with Crippen molar-refractivity contribution in [1.29, 1.82) is 0 Å². The number of ether oxygens (including phenoxy) is 1. The minimum atomic E-state index is -0.665. The maximum atomic E-state index is 12.2. The van der Waals surface area contributed by atoms with Crippen molar-refractivity contribution in [3.8, 4) is 5.75 Å². The zero-order valence-electron chi connectivity index (χ0n) is 13.8. The Bertz CT molecular complexity index is 574. The molecule has 24 heavy (non-hydrogen) atoms. The molecule has 0 radical (unpaired) electrons. The second-order valence-corrected chi connectivity index (χ2v) is 5.93. The molecular formula is C17H24N2O5. The molecule has 132 valence electrons. The Balaban J connectivity index is 1.99. The fourth-order valence-electron chi connectivity index (χ4n) is 2.74. The van der Waals surface area contributed by atoms with Crippen LogP contribution < -0.4 is 10.1 Å². The molecule has 1 fully saturated rings. The molecule has 1 aliphatic rings. The van der Waals surface area contributed by atoms with Crippen LogP contribution in [-0.2, 0) is 16.1 Å². The first kappa shape index (κ1) is 18.2. The van der Waals surface area contributed by atoms with E-state index in [1.54, 1.807) is 12.0 Å². The van der Waals surface area contributed by atoms with E-state index in [-0.39, 0.29) is 30.9 Å². The first-order chi connectivity index (χ1) is 11.6. The highest BCUT2D eigenvalue weighted by Crippen LogP contribution is 2.21. The Labute approximate surface area is 141 Å². The molecule has 7 nitrogen and oxygen atoms in total. The largest absolute Gasteiger partial charge is 0.497 e. The van der Waals surface area contributed by atoms with E-state index in [2.05, 4.69) is 5.32 Å². The van der Waals surface area contributed by atoms with Gasteiger partial charge in [-0.1, -0.05) is 12.1 Å². The molecule has 0 aromatic heterocycles. The van der Waals surface area contributed by atoms with E-state index in [0.29, 0.717) is 25.9 Å². The number of carbonyl (C=O) groups is 2. The molecule has 2 rings (SSSR count). The number of carbonyl (C=O) groups excluding carboxylic acids is 2. The third kappa shape index (κ3) is 4.69. The minimum Gasteiger partial charge on any atom is -0.497 e. The summed E-state index contributed by atoms with van der Waals surface area (Å²) in [6, 6.07) is 6.81. The van der Waals surface area contributed by atoms with E-state index in [9.17, 15) is 9.59 Å². The number of likely N-dealkylation sites (tertiary alicyclic amines) is 1. The molecule has 1 aromatic rings. The van der Waals surface area contributed by atoms with Crippen LogP contribution in [0.25, 0.3) is 0 Å². The summed E-state index contributed by atoms with van der Waals surface area (Å²) in [6.45, 7) is 0.109. The highest BCUT2D eigenvalue weighted by molar-refractivity contribution is 5.84. The number of benzene rings is 1. The summed E-state index contributed by atoms with van der Waals surface area (Å²) in [5.41, 5.74) is 0.937. The van der Waals surface area contributed by atoms with Gasteiger partial charge in [-0.25, -0.2) is 0 Å². The van der Waals surface area contributed by atoms with Crippen LogP contribution in [0.1, 0.15) is 18.4 Å². The van der Waals surface area contributed by atoms with Crippen molar-refractivity contribution < 1.29 is 24.5 Å². The highest BCUT2D eigenvalue weighted by atomic mass is 16.5.